The summed E-state index contributed by atoms with van der Waals surface area (Å²) in [5.74, 6) is 0. The molecule has 0 heterocycles. The molecule has 0 radical (unpaired) electrons. The van der Waals surface area contributed by atoms with Crippen molar-refractivity contribution in [2.24, 2.45) is 0 Å². The first-order chi connectivity index (χ1) is 3.25. The van der Waals surface area contributed by atoms with Crippen molar-refractivity contribution in [3.8, 4) is 0 Å². The van der Waals surface area contributed by atoms with Gasteiger partial charge in [-0.15, -0.1) is 0 Å². The fourth-order valence-corrected chi connectivity index (χ4v) is 0. The molecular formula is H5AlO6S2. The van der Waals surface area contributed by atoms with Crippen LogP contribution in [0.5, 0.6) is 0 Å². The van der Waals surface area contributed by atoms with Crippen molar-refractivity contribution in [2.75, 3.05) is 0 Å². The van der Waals surface area contributed by atoms with Gasteiger partial charge in [-0.1, -0.05) is 0 Å². The maximum Gasteiger partial charge on any atom is 0.397 e. The summed E-state index contributed by atoms with van der Waals surface area (Å²) in [5, 5.41) is 0. The molecule has 0 aromatic carbocycles. The average Bonchev–Trinajstić information content (AvgIpc) is 1.25. The van der Waals surface area contributed by atoms with E-state index in [9.17, 15) is 16.8 Å². The van der Waals surface area contributed by atoms with E-state index in [-0.39, 0.29) is 17.4 Å². The van der Waals surface area contributed by atoms with Crippen LogP contribution < -0.4 is 0 Å². The zero-order valence-corrected chi connectivity index (χ0v) is 4.98. The minimum atomic E-state index is -5.31. The normalized spacial score (nSPS) is 12.2. The smallest absolute Gasteiger partial charge is 0.272 e. The molecule has 56 valence electrons. The Bertz CT molecular complexity index is 223. The highest BCUT2D eigenvalue weighted by Crippen LogP contribution is 1.90. The van der Waals surface area contributed by atoms with Gasteiger partial charge in [0.25, 0.3) is 0 Å². The van der Waals surface area contributed by atoms with Crippen LogP contribution in [-0.4, -0.2) is 43.3 Å². The maximum atomic E-state index is 9.37. The molecule has 0 aliphatic carbocycles. The molecule has 0 rings (SSSR count). The number of rotatable bonds is 1. The molecule has 0 saturated carbocycles. The van der Waals surface area contributed by atoms with Crippen LogP contribution in [0.4, 0.5) is 0 Å². The molecule has 0 unspecified atom stereocenters. The van der Waals surface area contributed by atoms with E-state index in [1.54, 1.807) is 0 Å². The van der Waals surface area contributed by atoms with Crippen molar-refractivity contribution in [3.05, 3.63) is 0 Å². The van der Waals surface area contributed by atoms with Gasteiger partial charge in [0.2, 0.25) is 0 Å². The van der Waals surface area contributed by atoms with E-state index >= 15 is 0 Å². The Morgan fingerprint density at radius 1 is 0.778 bits per heavy atom. The first-order valence-corrected chi connectivity index (χ1v) is 4.60. The Morgan fingerprint density at radius 2 is 0.889 bits per heavy atom. The van der Waals surface area contributed by atoms with Gasteiger partial charge in [0.15, 0.2) is 17.4 Å². The first-order valence-electron chi connectivity index (χ1n) is 1.20. The first kappa shape index (κ1) is 12.1. The van der Waals surface area contributed by atoms with Gasteiger partial charge < -0.3 is 0 Å². The molecule has 0 aliphatic heterocycles. The lowest BCUT2D eigenvalue weighted by Gasteiger charge is -1.84. The van der Waals surface area contributed by atoms with Crippen LogP contribution in [0.15, 0.2) is 0 Å². The summed E-state index contributed by atoms with van der Waals surface area (Å²) in [5.41, 5.74) is 0. The van der Waals surface area contributed by atoms with Crippen molar-refractivity contribution >= 4 is 35.7 Å². The highest BCUT2D eigenvalue weighted by Gasteiger charge is 2.22. The van der Waals surface area contributed by atoms with Crippen LogP contribution in [0.3, 0.4) is 0 Å². The second-order valence-electron chi connectivity index (χ2n) is 0.855. The largest absolute Gasteiger partial charge is 0.397 e. The number of hydrogen-bond donors (Lipinski definition) is 2. The second-order valence-corrected chi connectivity index (χ2v) is 5.09. The molecule has 0 saturated heterocycles. The predicted octanol–water partition coefficient (Wildman–Crippen LogP) is -2.51. The Kier molecular flexibility index (Phi) is 3.97. The highest BCUT2D eigenvalue weighted by molar-refractivity contribution is 8.62. The Labute approximate surface area is 61.9 Å². The van der Waals surface area contributed by atoms with E-state index in [1.165, 1.54) is 0 Å². The van der Waals surface area contributed by atoms with Gasteiger partial charge in [-0.2, -0.15) is 16.8 Å². The van der Waals surface area contributed by atoms with E-state index in [0.717, 1.165) is 0 Å². The topological polar surface area (TPSA) is 109 Å². The molecule has 0 atom stereocenters. The van der Waals surface area contributed by atoms with E-state index in [1.807, 2.05) is 0 Å². The van der Waals surface area contributed by atoms with Gasteiger partial charge in [0, 0.05) is 0 Å². The predicted molar refractivity (Wildman–Crippen MR) is 33.0 cm³/mol. The lowest BCUT2D eigenvalue weighted by molar-refractivity contribution is 0.460. The third-order valence-electron chi connectivity index (χ3n) is 0.266. The maximum absolute atomic E-state index is 9.37. The van der Waals surface area contributed by atoms with Crippen LogP contribution in [0.25, 0.3) is 0 Å². The quantitative estimate of drug-likeness (QED) is 0.270. The molecule has 0 aromatic heterocycles. The molecule has 0 bridgehead atoms. The van der Waals surface area contributed by atoms with Crippen molar-refractivity contribution in [1.82, 2.24) is 0 Å². The molecule has 0 amide bonds. The molecule has 9 heavy (non-hydrogen) atoms. The number of hydrogen-bond acceptors (Lipinski definition) is 4. The molecule has 2 N–H and O–H groups in total. The van der Waals surface area contributed by atoms with Gasteiger partial charge in [0.05, 0.1) is 0 Å². The van der Waals surface area contributed by atoms with Gasteiger partial charge >= 0.3 is 18.3 Å². The zero-order valence-electron chi connectivity index (χ0n) is 3.34. The van der Waals surface area contributed by atoms with Crippen LogP contribution in [0, 0.1) is 0 Å². The van der Waals surface area contributed by atoms with E-state index in [2.05, 4.69) is 0 Å². The van der Waals surface area contributed by atoms with Crippen molar-refractivity contribution in [2.45, 2.75) is 0 Å². The summed E-state index contributed by atoms with van der Waals surface area (Å²) in [6, 6.07) is 0. The lowest BCUT2D eigenvalue weighted by atomic mass is 15.9. The molecular weight excluding hydrogens is 187 g/mol. The SMILES string of the molecule is O=S(=O)(O)S(=O)(=O)O.[AlH3]. The van der Waals surface area contributed by atoms with E-state index < -0.39 is 18.3 Å². The highest BCUT2D eigenvalue weighted by atomic mass is 33.2. The van der Waals surface area contributed by atoms with Crippen LogP contribution in [0.1, 0.15) is 0 Å². The summed E-state index contributed by atoms with van der Waals surface area (Å²) < 4.78 is 52.5. The summed E-state index contributed by atoms with van der Waals surface area (Å²) in [7, 11) is -10.6. The molecule has 6 nitrogen and oxygen atoms in total. The van der Waals surface area contributed by atoms with Gasteiger partial charge in [-0.3, -0.25) is 9.11 Å². The third-order valence-corrected chi connectivity index (χ3v) is 2.40. The zero-order chi connectivity index (χ0) is 7.00. The monoisotopic (exact) mass is 192 g/mol. The second kappa shape index (κ2) is 2.96. The van der Waals surface area contributed by atoms with Gasteiger partial charge in [-0.25, -0.2) is 0 Å². The third kappa shape index (κ3) is 3.85. The molecule has 9 heteroatoms. The average molecular weight is 192 g/mol. The van der Waals surface area contributed by atoms with Crippen LogP contribution in [-0.2, 0) is 18.3 Å². The Hall–Kier alpha value is 0.352. The van der Waals surface area contributed by atoms with Crippen molar-refractivity contribution < 1.29 is 25.9 Å². The minimum absolute atomic E-state index is 0. The minimum Gasteiger partial charge on any atom is -0.272 e. The molecule has 0 spiro atoms. The van der Waals surface area contributed by atoms with Crippen LogP contribution in [0.2, 0.25) is 0 Å². The fraction of sp³-hybridized carbons (Fsp3) is 0. The van der Waals surface area contributed by atoms with Gasteiger partial charge in [0.1, 0.15) is 0 Å². The van der Waals surface area contributed by atoms with E-state index in [4.69, 9.17) is 9.11 Å². The molecule has 0 aromatic rings. The van der Waals surface area contributed by atoms with Gasteiger partial charge in [-0.05, 0) is 0 Å². The fourth-order valence-electron chi connectivity index (χ4n) is 0. The summed E-state index contributed by atoms with van der Waals surface area (Å²) in [4.78, 5) is 0. The van der Waals surface area contributed by atoms with Crippen molar-refractivity contribution in [1.29, 1.82) is 0 Å². The Morgan fingerprint density at radius 3 is 0.889 bits per heavy atom. The van der Waals surface area contributed by atoms with E-state index in [0.29, 0.717) is 0 Å². The van der Waals surface area contributed by atoms with Crippen LogP contribution >= 0.6 is 0 Å². The summed E-state index contributed by atoms with van der Waals surface area (Å²) in [6.07, 6.45) is 0. The Balaban J connectivity index is 0. The van der Waals surface area contributed by atoms with Crippen molar-refractivity contribution in [3.63, 3.8) is 0 Å². The molecule has 0 fully saturated rings. The summed E-state index contributed by atoms with van der Waals surface area (Å²) in [6.45, 7) is 0. The summed E-state index contributed by atoms with van der Waals surface area (Å²) >= 11 is 0. The molecule has 0 aliphatic rings. The standard InChI is InChI=1S/Al.H2O6S2.3H/c;1-7(2,3)8(4,5)6;;;/h;(H,1,2,3)(H,4,5,6);;;. The lowest BCUT2D eigenvalue weighted by Crippen LogP contribution is -2.11.